The molecule has 1 aliphatic carbocycles. The van der Waals surface area contributed by atoms with Crippen LogP contribution in [0.3, 0.4) is 0 Å². The lowest BCUT2D eigenvalue weighted by atomic mass is 9.85. The van der Waals surface area contributed by atoms with Crippen LogP contribution in [0.2, 0.25) is 0 Å². The Kier molecular flexibility index (Phi) is 4.84. The normalized spacial score (nSPS) is 26.7. The third kappa shape index (κ3) is 3.26. The molecule has 2 aliphatic rings. The van der Waals surface area contributed by atoms with E-state index in [-0.39, 0.29) is 0 Å². The van der Waals surface area contributed by atoms with Gasteiger partial charge in [-0.25, -0.2) is 0 Å². The molecule has 0 bridgehead atoms. The van der Waals surface area contributed by atoms with Crippen molar-refractivity contribution in [1.29, 1.82) is 0 Å². The van der Waals surface area contributed by atoms with Gasteiger partial charge >= 0.3 is 0 Å². The second-order valence-electron chi connectivity index (χ2n) is 6.86. The Hall–Kier alpha value is -1.02. The Labute approximate surface area is 129 Å². The summed E-state index contributed by atoms with van der Waals surface area (Å²) in [6.07, 6.45) is 8.33. The molecule has 116 valence electrons. The first-order valence-electron chi connectivity index (χ1n) is 8.89. The van der Waals surface area contributed by atoms with Crippen LogP contribution in [0.1, 0.15) is 64.0 Å². The van der Waals surface area contributed by atoms with Crippen LogP contribution in [0.5, 0.6) is 0 Å². The number of rotatable bonds is 5. The summed E-state index contributed by atoms with van der Waals surface area (Å²) in [5.74, 6) is 0.962. The number of hydrogen-bond acceptors (Lipinski definition) is 2. The van der Waals surface area contributed by atoms with Crippen molar-refractivity contribution in [3.05, 3.63) is 29.8 Å². The zero-order chi connectivity index (χ0) is 14.7. The van der Waals surface area contributed by atoms with Gasteiger partial charge in [-0.2, -0.15) is 0 Å². The lowest BCUT2D eigenvalue weighted by molar-refractivity contribution is 0.342. The zero-order valence-electron chi connectivity index (χ0n) is 13.6. The molecule has 1 saturated carbocycles. The van der Waals surface area contributed by atoms with Gasteiger partial charge in [0.25, 0.3) is 0 Å². The molecule has 2 fully saturated rings. The molecule has 0 aromatic heterocycles. The molecule has 0 amide bonds. The Morgan fingerprint density at radius 1 is 1.14 bits per heavy atom. The van der Waals surface area contributed by atoms with Crippen LogP contribution >= 0.6 is 0 Å². The maximum atomic E-state index is 3.57. The van der Waals surface area contributed by atoms with Crippen molar-refractivity contribution in [2.45, 2.75) is 64.5 Å². The van der Waals surface area contributed by atoms with Crippen molar-refractivity contribution in [1.82, 2.24) is 5.32 Å². The largest absolute Gasteiger partial charge is 0.368 e. The number of anilines is 1. The fraction of sp³-hybridized carbons (Fsp3) is 0.684. The van der Waals surface area contributed by atoms with Crippen LogP contribution < -0.4 is 10.2 Å². The lowest BCUT2D eigenvalue weighted by Gasteiger charge is -2.33. The summed E-state index contributed by atoms with van der Waals surface area (Å²) in [5, 5.41) is 3.57. The Bertz CT molecular complexity index is 439. The van der Waals surface area contributed by atoms with Crippen molar-refractivity contribution in [3.8, 4) is 0 Å². The number of hydrogen-bond donors (Lipinski definition) is 1. The summed E-state index contributed by atoms with van der Waals surface area (Å²) >= 11 is 0. The molecule has 2 heteroatoms. The van der Waals surface area contributed by atoms with Gasteiger partial charge in [0, 0.05) is 24.3 Å². The van der Waals surface area contributed by atoms with E-state index in [4.69, 9.17) is 0 Å². The molecule has 1 heterocycles. The molecule has 2 nitrogen and oxygen atoms in total. The average Bonchev–Trinajstić information content (AvgIpc) is 2.97. The Morgan fingerprint density at radius 3 is 2.67 bits per heavy atom. The maximum absolute atomic E-state index is 3.57. The number of nitrogens with zero attached hydrogens (tertiary/aromatic N) is 1. The van der Waals surface area contributed by atoms with Gasteiger partial charge in [0.15, 0.2) is 0 Å². The molecule has 3 unspecified atom stereocenters. The van der Waals surface area contributed by atoms with E-state index in [1.165, 1.54) is 56.3 Å². The van der Waals surface area contributed by atoms with Crippen LogP contribution in [0.15, 0.2) is 24.3 Å². The molecular weight excluding hydrogens is 256 g/mol. The van der Waals surface area contributed by atoms with E-state index in [1.54, 1.807) is 0 Å². The standard InChI is InChI=1S/C19H30N2/c1-3-13-20-15(2)16-8-10-18(11-9-16)21-14-12-17-6-4-5-7-19(17)21/h8-11,15,17,19-20H,3-7,12-14H2,1-2H3. The maximum Gasteiger partial charge on any atom is 0.0369 e. The van der Waals surface area contributed by atoms with Gasteiger partial charge in [-0.3, -0.25) is 0 Å². The first kappa shape index (κ1) is 14.9. The second-order valence-corrected chi connectivity index (χ2v) is 6.86. The molecule has 0 radical (unpaired) electrons. The van der Waals surface area contributed by atoms with Crippen LogP contribution in [0, 0.1) is 5.92 Å². The van der Waals surface area contributed by atoms with E-state index in [2.05, 4.69) is 48.3 Å². The van der Waals surface area contributed by atoms with Crippen LogP contribution in [-0.4, -0.2) is 19.1 Å². The fourth-order valence-corrected chi connectivity index (χ4v) is 4.16. The molecule has 3 rings (SSSR count). The molecule has 0 spiro atoms. The molecule has 1 aromatic carbocycles. The minimum Gasteiger partial charge on any atom is -0.368 e. The highest BCUT2D eigenvalue weighted by molar-refractivity contribution is 5.50. The minimum atomic E-state index is 0.458. The van der Waals surface area contributed by atoms with Crippen molar-refractivity contribution in [3.63, 3.8) is 0 Å². The van der Waals surface area contributed by atoms with Crippen LogP contribution in [0.25, 0.3) is 0 Å². The predicted molar refractivity (Wildman–Crippen MR) is 90.9 cm³/mol. The molecular formula is C19H30N2. The molecule has 1 N–H and O–H groups in total. The van der Waals surface area contributed by atoms with Crippen molar-refractivity contribution >= 4 is 5.69 Å². The SMILES string of the molecule is CCCNC(C)c1ccc(N2CCC3CCCCC32)cc1. The van der Waals surface area contributed by atoms with Gasteiger partial charge in [0.2, 0.25) is 0 Å². The summed E-state index contributed by atoms with van der Waals surface area (Å²) in [7, 11) is 0. The quantitative estimate of drug-likeness (QED) is 0.856. The zero-order valence-corrected chi connectivity index (χ0v) is 13.6. The van der Waals surface area contributed by atoms with E-state index in [0.29, 0.717) is 6.04 Å². The van der Waals surface area contributed by atoms with E-state index in [1.807, 2.05) is 0 Å². The molecule has 3 atom stereocenters. The van der Waals surface area contributed by atoms with E-state index >= 15 is 0 Å². The highest BCUT2D eigenvalue weighted by Crippen LogP contribution is 2.38. The smallest absolute Gasteiger partial charge is 0.0369 e. The third-order valence-electron chi connectivity index (χ3n) is 5.44. The topological polar surface area (TPSA) is 15.3 Å². The molecule has 1 aliphatic heterocycles. The van der Waals surface area contributed by atoms with E-state index < -0.39 is 0 Å². The summed E-state index contributed by atoms with van der Waals surface area (Å²) in [6, 6.07) is 10.6. The predicted octanol–water partition coefficient (Wildman–Crippen LogP) is 4.52. The van der Waals surface area contributed by atoms with Gasteiger partial charge < -0.3 is 10.2 Å². The van der Waals surface area contributed by atoms with Gasteiger partial charge in [-0.1, -0.05) is 31.9 Å². The second kappa shape index (κ2) is 6.83. The van der Waals surface area contributed by atoms with Crippen LogP contribution in [0.4, 0.5) is 5.69 Å². The molecule has 21 heavy (non-hydrogen) atoms. The summed E-state index contributed by atoms with van der Waals surface area (Å²) in [6.45, 7) is 6.84. The summed E-state index contributed by atoms with van der Waals surface area (Å²) in [5.41, 5.74) is 2.85. The fourth-order valence-electron chi connectivity index (χ4n) is 4.16. The highest BCUT2D eigenvalue weighted by Gasteiger charge is 2.35. The third-order valence-corrected chi connectivity index (χ3v) is 5.44. The van der Waals surface area contributed by atoms with Gasteiger partial charge in [-0.15, -0.1) is 0 Å². The highest BCUT2D eigenvalue weighted by atomic mass is 15.2. The number of fused-ring (bicyclic) bond motifs is 1. The summed E-state index contributed by atoms with van der Waals surface area (Å²) < 4.78 is 0. The first-order chi connectivity index (χ1) is 10.3. The monoisotopic (exact) mass is 286 g/mol. The summed E-state index contributed by atoms with van der Waals surface area (Å²) in [4.78, 5) is 2.68. The Morgan fingerprint density at radius 2 is 1.90 bits per heavy atom. The van der Waals surface area contributed by atoms with Gasteiger partial charge in [0.1, 0.15) is 0 Å². The molecule has 1 aromatic rings. The lowest BCUT2D eigenvalue weighted by Crippen LogP contribution is -2.34. The molecule has 1 saturated heterocycles. The number of nitrogens with one attached hydrogen (secondary N) is 1. The van der Waals surface area contributed by atoms with Gasteiger partial charge in [0.05, 0.1) is 0 Å². The first-order valence-corrected chi connectivity index (χ1v) is 8.89. The van der Waals surface area contributed by atoms with Crippen molar-refractivity contribution < 1.29 is 0 Å². The average molecular weight is 286 g/mol. The number of benzene rings is 1. The van der Waals surface area contributed by atoms with E-state index in [9.17, 15) is 0 Å². The minimum absolute atomic E-state index is 0.458. The Balaban J connectivity index is 1.66. The van der Waals surface area contributed by atoms with E-state index in [0.717, 1.165) is 18.5 Å². The van der Waals surface area contributed by atoms with Crippen molar-refractivity contribution in [2.75, 3.05) is 18.0 Å². The van der Waals surface area contributed by atoms with Crippen molar-refractivity contribution in [2.24, 2.45) is 5.92 Å². The van der Waals surface area contributed by atoms with Gasteiger partial charge in [-0.05, 0) is 62.8 Å². The van der Waals surface area contributed by atoms with Crippen LogP contribution in [-0.2, 0) is 0 Å².